The van der Waals surface area contributed by atoms with Crippen molar-refractivity contribution in [3.8, 4) is 0 Å². The van der Waals surface area contributed by atoms with E-state index in [0.717, 1.165) is 0 Å². The molecule has 0 aromatic carbocycles. The van der Waals surface area contributed by atoms with Crippen molar-refractivity contribution in [3.05, 3.63) is 11.9 Å². The average Bonchev–Trinajstić information content (AvgIpc) is 2.53. The lowest BCUT2D eigenvalue weighted by Crippen LogP contribution is -2.39. The molecule has 2 heterocycles. The summed E-state index contributed by atoms with van der Waals surface area (Å²) in [6, 6.07) is -0.377. The summed E-state index contributed by atoms with van der Waals surface area (Å²) in [6.45, 7) is 4.04. The SMILES string of the molecule is CC(C)C[C@H]1Nc2c(cn(C)c2C(=O)O)NC1=O. The Balaban J connectivity index is 2.36. The highest BCUT2D eigenvalue weighted by molar-refractivity contribution is 6.08. The number of amides is 1. The van der Waals surface area contributed by atoms with Gasteiger partial charge in [0.25, 0.3) is 0 Å². The fourth-order valence-corrected chi connectivity index (χ4v) is 2.22. The number of nitrogens with zero attached hydrogens (tertiary/aromatic N) is 1. The van der Waals surface area contributed by atoms with Gasteiger partial charge in [-0.2, -0.15) is 0 Å². The quantitative estimate of drug-likeness (QED) is 0.760. The first-order valence-electron chi connectivity index (χ1n) is 5.90. The van der Waals surface area contributed by atoms with Gasteiger partial charge < -0.3 is 20.3 Å². The molecule has 6 nitrogen and oxygen atoms in total. The number of carbonyl (C=O) groups excluding carboxylic acids is 1. The molecule has 1 aromatic rings. The Labute approximate surface area is 105 Å². The number of rotatable bonds is 3. The predicted molar refractivity (Wildman–Crippen MR) is 67.9 cm³/mol. The Bertz CT molecular complexity index is 505. The molecule has 0 unspecified atom stereocenters. The molecule has 1 atom stereocenters. The number of nitrogens with one attached hydrogen (secondary N) is 2. The minimum absolute atomic E-state index is 0.112. The summed E-state index contributed by atoms with van der Waals surface area (Å²) < 4.78 is 1.50. The smallest absolute Gasteiger partial charge is 0.354 e. The van der Waals surface area contributed by atoms with Gasteiger partial charge in [-0.05, 0) is 12.3 Å². The summed E-state index contributed by atoms with van der Waals surface area (Å²) in [4.78, 5) is 23.0. The van der Waals surface area contributed by atoms with E-state index in [1.165, 1.54) is 4.57 Å². The molecule has 3 N–H and O–H groups in total. The third-order valence-electron chi connectivity index (χ3n) is 2.98. The summed E-state index contributed by atoms with van der Waals surface area (Å²) in [7, 11) is 1.65. The maximum Gasteiger partial charge on any atom is 0.354 e. The van der Waals surface area contributed by atoms with Crippen molar-refractivity contribution in [2.24, 2.45) is 13.0 Å². The van der Waals surface area contributed by atoms with E-state index in [1.807, 2.05) is 13.8 Å². The Morgan fingerprint density at radius 3 is 2.78 bits per heavy atom. The molecule has 18 heavy (non-hydrogen) atoms. The third kappa shape index (κ3) is 2.05. The van der Waals surface area contributed by atoms with Crippen LogP contribution in [0.15, 0.2) is 6.20 Å². The topological polar surface area (TPSA) is 83.4 Å². The maximum absolute atomic E-state index is 11.9. The van der Waals surface area contributed by atoms with Gasteiger partial charge in [-0.25, -0.2) is 4.79 Å². The van der Waals surface area contributed by atoms with E-state index in [4.69, 9.17) is 0 Å². The van der Waals surface area contributed by atoms with Gasteiger partial charge in [0.05, 0.1) is 11.4 Å². The highest BCUT2D eigenvalue weighted by atomic mass is 16.4. The van der Waals surface area contributed by atoms with E-state index in [1.54, 1.807) is 13.2 Å². The largest absolute Gasteiger partial charge is 0.477 e. The number of aromatic carboxylic acids is 1. The Kier molecular flexibility index (Phi) is 3.02. The summed E-state index contributed by atoms with van der Waals surface area (Å²) in [5.41, 5.74) is 1.19. The van der Waals surface area contributed by atoms with E-state index in [0.29, 0.717) is 23.7 Å². The molecular formula is C12H17N3O3. The van der Waals surface area contributed by atoms with E-state index < -0.39 is 5.97 Å². The number of carboxylic acids is 1. The number of hydrogen-bond donors (Lipinski definition) is 3. The van der Waals surface area contributed by atoms with E-state index in [-0.39, 0.29) is 17.6 Å². The van der Waals surface area contributed by atoms with Gasteiger partial charge in [0.1, 0.15) is 6.04 Å². The molecule has 1 amide bonds. The van der Waals surface area contributed by atoms with Gasteiger partial charge in [-0.1, -0.05) is 13.8 Å². The second kappa shape index (κ2) is 4.36. The standard InChI is InChI=1S/C12H17N3O3/c1-6(2)4-7-11(16)14-8-5-15(3)10(12(17)18)9(8)13-7/h5-7,13H,4H2,1-3H3,(H,14,16)(H,17,18)/t7-/m1/s1. The summed E-state index contributed by atoms with van der Waals surface area (Å²) in [6.07, 6.45) is 2.27. The molecule has 0 saturated heterocycles. The number of fused-ring (bicyclic) bond motifs is 1. The van der Waals surface area contributed by atoms with Gasteiger partial charge in [0.15, 0.2) is 5.69 Å². The molecular weight excluding hydrogens is 234 g/mol. The number of anilines is 2. The van der Waals surface area contributed by atoms with Crippen LogP contribution in [0.3, 0.4) is 0 Å². The zero-order chi connectivity index (χ0) is 13.4. The van der Waals surface area contributed by atoms with Gasteiger partial charge in [0, 0.05) is 13.2 Å². The van der Waals surface area contributed by atoms with Gasteiger partial charge in [-0.15, -0.1) is 0 Å². The lowest BCUT2D eigenvalue weighted by atomic mass is 10.0. The van der Waals surface area contributed by atoms with Crippen LogP contribution >= 0.6 is 0 Å². The second-order valence-electron chi connectivity index (χ2n) is 5.00. The van der Waals surface area contributed by atoms with E-state index >= 15 is 0 Å². The second-order valence-corrected chi connectivity index (χ2v) is 5.00. The molecule has 0 radical (unpaired) electrons. The van der Waals surface area contributed by atoms with Crippen molar-refractivity contribution in [2.75, 3.05) is 10.6 Å². The lowest BCUT2D eigenvalue weighted by Gasteiger charge is -2.26. The van der Waals surface area contributed by atoms with Crippen molar-refractivity contribution in [3.63, 3.8) is 0 Å². The zero-order valence-electron chi connectivity index (χ0n) is 10.7. The number of hydrogen-bond acceptors (Lipinski definition) is 3. The fourth-order valence-electron chi connectivity index (χ4n) is 2.22. The van der Waals surface area contributed by atoms with Crippen LogP contribution in [-0.2, 0) is 11.8 Å². The molecule has 1 aliphatic rings. The number of aryl methyl sites for hydroxylation is 1. The van der Waals surface area contributed by atoms with Crippen molar-refractivity contribution in [2.45, 2.75) is 26.3 Å². The molecule has 98 valence electrons. The molecule has 0 fully saturated rings. The molecule has 1 aromatic heterocycles. The first-order chi connectivity index (χ1) is 8.40. The number of aromatic nitrogens is 1. The number of carbonyl (C=O) groups is 2. The molecule has 0 bridgehead atoms. The first-order valence-corrected chi connectivity index (χ1v) is 5.90. The monoisotopic (exact) mass is 251 g/mol. The number of carboxylic acid groups (broad SMARTS) is 1. The maximum atomic E-state index is 11.9. The molecule has 0 spiro atoms. The third-order valence-corrected chi connectivity index (χ3v) is 2.98. The minimum atomic E-state index is -1.01. The van der Waals surface area contributed by atoms with Crippen LogP contribution in [0.1, 0.15) is 30.8 Å². The summed E-state index contributed by atoms with van der Waals surface area (Å²) in [5, 5.41) is 15.0. The molecule has 0 aliphatic carbocycles. The highest BCUT2D eigenvalue weighted by Gasteiger charge is 2.31. The van der Waals surface area contributed by atoms with E-state index in [9.17, 15) is 14.7 Å². The molecule has 6 heteroatoms. The van der Waals surface area contributed by atoms with Crippen LogP contribution in [0.25, 0.3) is 0 Å². The van der Waals surface area contributed by atoms with Crippen LogP contribution in [0.2, 0.25) is 0 Å². The molecule has 2 rings (SSSR count). The molecule has 1 aliphatic heterocycles. The van der Waals surface area contributed by atoms with Crippen molar-refractivity contribution in [1.29, 1.82) is 0 Å². The lowest BCUT2D eigenvalue weighted by molar-refractivity contribution is -0.117. The fraction of sp³-hybridized carbons (Fsp3) is 0.500. The van der Waals surface area contributed by atoms with Crippen molar-refractivity contribution < 1.29 is 14.7 Å². The van der Waals surface area contributed by atoms with Gasteiger partial charge in [0.2, 0.25) is 5.91 Å². The average molecular weight is 251 g/mol. The minimum Gasteiger partial charge on any atom is -0.477 e. The van der Waals surface area contributed by atoms with Crippen LogP contribution in [0.4, 0.5) is 11.4 Å². The zero-order valence-corrected chi connectivity index (χ0v) is 10.7. The Hall–Kier alpha value is -1.98. The van der Waals surface area contributed by atoms with Crippen LogP contribution in [-0.4, -0.2) is 27.6 Å². The van der Waals surface area contributed by atoms with Crippen LogP contribution in [0, 0.1) is 5.92 Å². The van der Waals surface area contributed by atoms with E-state index in [2.05, 4.69) is 10.6 Å². The first kappa shape index (κ1) is 12.5. The van der Waals surface area contributed by atoms with Crippen LogP contribution < -0.4 is 10.6 Å². The van der Waals surface area contributed by atoms with Gasteiger partial charge >= 0.3 is 5.97 Å². The predicted octanol–water partition coefficient (Wildman–Crippen LogP) is 1.50. The summed E-state index contributed by atoms with van der Waals surface area (Å²) in [5.74, 6) is -0.767. The summed E-state index contributed by atoms with van der Waals surface area (Å²) >= 11 is 0. The van der Waals surface area contributed by atoms with Gasteiger partial charge in [-0.3, -0.25) is 4.79 Å². The highest BCUT2D eigenvalue weighted by Crippen LogP contribution is 2.33. The van der Waals surface area contributed by atoms with Crippen LogP contribution in [0.5, 0.6) is 0 Å². The molecule has 0 saturated carbocycles. The Morgan fingerprint density at radius 1 is 1.56 bits per heavy atom. The normalized spacial score (nSPS) is 18.2. The van der Waals surface area contributed by atoms with Crippen molar-refractivity contribution in [1.82, 2.24) is 4.57 Å². The van der Waals surface area contributed by atoms with Crippen molar-refractivity contribution >= 4 is 23.3 Å². The Morgan fingerprint density at radius 2 is 2.22 bits per heavy atom.